The van der Waals surface area contributed by atoms with Gasteiger partial charge < -0.3 is 10.5 Å². The molecule has 1 aromatic carbocycles. The predicted molar refractivity (Wildman–Crippen MR) is 76.2 cm³/mol. The number of nitrogen functional groups attached to an aromatic ring is 1. The molecule has 3 nitrogen and oxygen atoms in total. The van der Waals surface area contributed by atoms with E-state index < -0.39 is 0 Å². The summed E-state index contributed by atoms with van der Waals surface area (Å²) < 4.78 is 4.84. The van der Waals surface area contributed by atoms with Crippen LogP contribution in [0.15, 0.2) is 30.3 Å². The van der Waals surface area contributed by atoms with Crippen LogP contribution in [0.25, 0.3) is 0 Å². The summed E-state index contributed by atoms with van der Waals surface area (Å²) in [5, 5.41) is 0. The first-order chi connectivity index (χ1) is 8.63. The van der Waals surface area contributed by atoms with E-state index in [1.54, 1.807) is 0 Å². The number of carbonyl (C=O) groups is 1. The van der Waals surface area contributed by atoms with Crippen LogP contribution in [0.1, 0.15) is 40.0 Å². The van der Waals surface area contributed by atoms with Gasteiger partial charge in [0.15, 0.2) is 0 Å². The van der Waals surface area contributed by atoms with E-state index in [1.165, 1.54) is 0 Å². The lowest BCUT2D eigenvalue weighted by atomic mass is 10.00. The number of carbonyl (C=O) groups excluding carboxylic acids is 1. The molecule has 0 saturated heterocycles. The van der Waals surface area contributed by atoms with Gasteiger partial charge in [-0.1, -0.05) is 44.9 Å². The minimum Gasteiger partial charge on any atom is -0.466 e. The van der Waals surface area contributed by atoms with E-state index in [0.717, 1.165) is 18.5 Å². The second-order valence-electron chi connectivity index (χ2n) is 4.10. The minimum atomic E-state index is -0.0544. The topological polar surface area (TPSA) is 52.3 Å². The van der Waals surface area contributed by atoms with Gasteiger partial charge in [-0.2, -0.15) is 0 Å². The molecular weight excluding hydrogens is 226 g/mol. The van der Waals surface area contributed by atoms with Crippen LogP contribution < -0.4 is 5.73 Å². The van der Waals surface area contributed by atoms with Gasteiger partial charge in [0.2, 0.25) is 0 Å². The van der Waals surface area contributed by atoms with Crippen molar-refractivity contribution in [2.75, 3.05) is 12.3 Å². The average molecular weight is 251 g/mol. The third-order valence-corrected chi connectivity index (χ3v) is 2.71. The molecule has 0 saturated carbocycles. The Kier molecular flexibility index (Phi) is 9.74. The second kappa shape index (κ2) is 10.6. The van der Waals surface area contributed by atoms with Crippen molar-refractivity contribution in [2.24, 2.45) is 5.92 Å². The van der Waals surface area contributed by atoms with E-state index in [9.17, 15) is 4.79 Å². The minimum absolute atomic E-state index is 0.0544. The zero-order valence-electron chi connectivity index (χ0n) is 11.7. The molecule has 18 heavy (non-hydrogen) atoms. The SMILES string of the molecule is CCOC(=O)CC(CC)CC.Nc1ccccc1. The summed E-state index contributed by atoms with van der Waals surface area (Å²) in [6.45, 7) is 6.55. The zero-order chi connectivity index (χ0) is 13.8. The van der Waals surface area contributed by atoms with Crippen molar-refractivity contribution in [3.63, 3.8) is 0 Å². The monoisotopic (exact) mass is 251 g/mol. The van der Waals surface area contributed by atoms with E-state index in [2.05, 4.69) is 13.8 Å². The van der Waals surface area contributed by atoms with Crippen LogP contribution in [-0.2, 0) is 9.53 Å². The van der Waals surface area contributed by atoms with E-state index in [-0.39, 0.29) is 5.97 Å². The van der Waals surface area contributed by atoms with Crippen molar-refractivity contribution < 1.29 is 9.53 Å². The van der Waals surface area contributed by atoms with Gasteiger partial charge >= 0.3 is 5.97 Å². The molecule has 0 spiro atoms. The first-order valence-electron chi connectivity index (χ1n) is 6.60. The Morgan fingerprint density at radius 1 is 1.17 bits per heavy atom. The number of hydrogen-bond acceptors (Lipinski definition) is 3. The summed E-state index contributed by atoms with van der Waals surface area (Å²) in [6.07, 6.45) is 2.71. The van der Waals surface area contributed by atoms with E-state index in [4.69, 9.17) is 10.5 Å². The maximum Gasteiger partial charge on any atom is 0.306 e. The van der Waals surface area contributed by atoms with E-state index in [1.807, 2.05) is 37.3 Å². The largest absolute Gasteiger partial charge is 0.466 e. The molecule has 0 aliphatic carbocycles. The van der Waals surface area contributed by atoms with Gasteiger partial charge in [0.1, 0.15) is 0 Å². The van der Waals surface area contributed by atoms with Crippen LogP contribution in [0, 0.1) is 5.92 Å². The quantitative estimate of drug-likeness (QED) is 0.642. The maximum atomic E-state index is 10.9. The van der Waals surface area contributed by atoms with Crippen LogP contribution in [0.5, 0.6) is 0 Å². The van der Waals surface area contributed by atoms with Gasteiger partial charge in [0, 0.05) is 12.1 Å². The molecule has 0 unspecified atom stereocenters. The fourth-order valence-electron chi connectivity index (χ4n) is 1.49. The molecule has 0 radical (unpaired) electrons. The van der Waals surface area contributed by atoms with Gasteiger partial charge in [-0.3, -0.25) is 4.79 Å². The molecule has 0 amide bonds. The Bertz CT molecular complexity index is 308. The number of ether oxygens (including phenoxy) is 1. The van der Waals surface area contributed by atoms with Gasteiger partial charge in [-0.25, -0.2) is 0 Å². The van der Waals surface area contributed by atoms with Gasteiger partial charge in [-0.15, -0.1) is 0 Å². The van der Waals surface area contributed by atoms with Crippen LogP contribution >= 0.6 is 0 Å². The summed E-state index contributed by atoms with van der Waals surface area (Å²) >= 11 is 0. The Morgan fingerprint density at radius 3 is 2.06 bits per heavy atom. The van der Waals surface area contributed by atoms with Crippen molar-refractivity contribution in [3.8, 4) is 0 Å². The van der Waals surface area contributed by atoms with Crippen LogP contribution in [0.3, 0.4) is 0 Å². The highest BCUT2D eigenvalue weighted by atomic mass is 16.5. The molecule has 0 aliphatic heterocycles. The fraction of sp³-hybridized carbons (Fsp3) is 0.533. The lowest BCUT2D eigenvalue weighted by Gasteiger charge is -2.09. The maximum absolute atomic E-state index is 10.9. The summed E-state index contributed by atoms with van der Waals surface area (Å²) in [4.78, 5) is 10.9. The number of nitrogens with two attached hydrogens (primary N) is 1. The molecule has 0 aliphatic rings. The number of esters is 1. The summed E-state index contributed by atoms with van der Waals surface area (Å²) in [5.74, 6) is 0.454. The van der Waals surface area contributed by atoms with Crippen LogP contribution in [0.2, 0.25) is 0 Å². The first kappa shape index (κ1) is 16.5. The van der Waals surface area contributed by atoms with Crippen molar-refractivity contribution in [1.29, 1.82) is 0 Å². The lowest BCUT2D eigenvalue weighted by Crippen LogP contribution is -2.10. The van der Waals surface area contributed by atoms with Crippen molar-refractivity contribution >= 4 is 11.7 Å². The summed E-state index contributed by atoms with van der Waals surface area (Å²) in [5.41, 5.74) is 6.18. The molecule has 1 aromatic rings. The zero-order valence-corrected chi connectivity index (χ0v) is 11.7. The summed E-state index contributed by atoms with van der Waals surface area (Å²) in [6, 6.07) is 9.49. The Balaban J connectivity index is 0.000000351. The third kappa shape index (κ3) is 8.62. The normalized spacial score (nSPS) is 9.56. The molecule has 3 heteroatoms. The average Bonchev–Trinajstić information content (AvgIpc) is 2.38. The molecule has 0 aromatic heterocycles. The molecule has 2 N–H and O–H groups in total. The Morgan fingerprint density at radius 2 is 1.72 bits per heavy atom. The molecule has 0 fully saturated rings. The van der Waals surface area contributed by atoms with Gasteiger partial charge in [-0.05, 0) is 25.0 Å². The number of benzene rings is 1. The van der Waals surface area contributed by atoms with Crippen LogP contribution in [-0.4, -0.2) is 12.6 Å². The number of rotatable bonds is 5. The van der Waals surface area contributed by atoms with Crippen LogP contribution in [0.4, 0.5) is 5.69 Å². The van der Waals surface area contributed by atoms with E-state index >= 15 is 0 Å². The highest BCUT2D eigenvalue weighted by molar-refractivity contribution is 5.69. The Labute approximate surface area is 110 Å². The molecule has 0 bridgehead atoms. The number of hydrogen-bond donors (Lipinski definition) is 1. The van der Waals surface area contributed by atoms with Crippen molar-refractivity contribution in [2.45, 2.75) is 40.0 Å². The standard InChI is InChI=1S/C9H18O2.C6H7N/c1-4-8(5-2)7-9(10)11-6-3;7-6-4-2-1-3-5-6/h8H,4-7H2,1-3H3;1-5H,7H2. The van der Waals surface area contributed by atoms with Crippen molar-refractivity contribution in [3.05, 3.63) is 30.3 Å². The third-order valence-electron chi connectivity index (χ3n) is 2.71. The lowest BCUT2D eigenvalue weighted by molar-refractivity contribution is -0.144. The molecule has 1 rings (SSSR count). The molecule has 102 valence electrons. The van der Waals surface area contributed by atoms with E-state index in [0.29, 0.717) is 18.9 Å². The highest BCUT2D eigenvalue weighted by Gasteiger charge is 2.09. The van der Waals surface area contributed by atoms with Crippen molar-refractivity contribution in [1.82, 2.24) is 0 Å². The Hall–Kier alpha value is -1.51. The molecule has 0 atom stereocenters. The van der Waals surface area contributed by atoms with Gasteiger partial charge in [0.25, 0.3) is 0 Å². The summed E-state index contributed by atoms with van der Waals surface area (Å²) in [7, 11) is 0. The smallest absolute Gasteiger partial charge is 0.306 e. The highest BCUT2D eigenvalue weighted by Crippen LogP contribution is 2.12. The number of anilines is 1. The predicted octanol–water partition coefficient (Wildman–Crippen LogP) is 3.64. The number of para-hydroxylation sites is 1. The second-order valence-corrected chi connectivity index (χ2v) is 4.10. The molecular formula is C15H25NO2. The fourth-order valence-corrected chi connectivity index (χ4v) is 1.49. The van der Waals surface area contributed by atoms with Gasteiger partial charge in [0.05, 0.1) is 6.61 Å². The molecule has 0 heterocycles. The first-order valence-corrected chi connectivity index (χ1v) is 6.60.